The molecule has 1 aromatic heterocycles. The molecular weight excluding hydrogens is 336 g/mol. The Morgan fingerprint density at radius 3 is 1.81 bits per heavy atom. The number of hydrogen-bond acceptors (Lipinski definition) is 4. The summed E-state index contributed by atoms with van der Waals surface area (Å²) in [6.45, 7) is 0. The monoisotopic (exact) mass is 361 g/mol. The van der Waals surface area contributed by atoms with E-state index in [1.807, 2.05) is 83.6 Å². The number of rotatable bonds is 6. The standard InChI is InChI=1S/C21H25N6/c1-24(2)20-9-5-18(6-10-20)15-22-26-13-14-27(17-26)23-16-19-7-11-21(12-8-19)25(3)4/h5-17H,1-4H3/q+1. The van der Waals surface area contributed by atoms with Crippen molar-refractivity contribution in [1.29, 1.82) is 0 Å². The van der Waals surface area contributed by atoms with Gasteiger partial charge in [-0.1, -0.05) is 34.5 Å². The molecular formula is C21H25N6+. The molecule has 6 heteroatoms. The van der Waals surface area contributed by atoms with Crippen molar-refractivity contribution in [3.8, 4) is 0 Å². The first-order chi connectivity index (χ1) is 13.0. The van der Waals surface area contributed by atoms with Gasteiger partial charge in [0.15, 0.2) is 12.4 Å². The Balaban J connectivity index is 1.63. The third kappa shape index (κ3) is 5.04. The zero-order valence-corrected chi connectivity index (χ0v) is 16.2. The smallest absolute Gasteiger partial charge is 0.295 e. The Labute approximate surface area is 160 Å². The lowest BCUT2D eigenvalue weighted by molar-refractivity contribution is -0.677. The van der Waals surface area contributed by atoms with Crippen LogP contribution in [0, 0.1) is 0 Å². The van der Waals surface area contributed by atoms with Gasteiger partial charge in [0.2, 0.25) is 0 Å². The maximum absolute atomic E-state index is 4.44. The molecule has 138 valence electrons. The van der Waals surface area contributed by atoms with E-state index in [4.69, 9.17) is 0 Å². The fourth-order valence-electron chi connectivity index (χ4n) is 2.46. The van der Waals surface area contributed by atoms with Crippen molar-refractivity contribution < 1.29 is 4.68 Å². The van der Waals surface area contributed by atoms with Crippen molar-refractivity contribution >= 4 is 23.8 Å². The number of nitrogens with zero attached hydrogens (tertiary/aromatic N) is 6. The van der Waals surface area contributed by atoms with Gasteiger partial charge >= 0.3 is 0 Å². The van der Waals surface area contributed by atoms with Gasteiger partial charge in [-0.15, -0.1) is 9.35 Å². The van der Waals surface area contributed by atoms with Gasteiger partial charge in [-0.25, -0.2) is 0 Å². The van der Waals surface area contributed by atoms with Crippen molar-refractivity contribution in [2.24, 2.45) is 10.2 Å². The van der Waals surface area contributed by atoms with Crippen molar-refractivity contribution in [2.75, 3.05) is 38.0 Å². The van der Waals surface area contributed by atoms with Crippen LogP contribution in [0.3, 0.4) is 0 Å². The van der Waals surface area contributed by atoms with E-state index in [1.54, 1.807) is 9.35 Å². The summed E-state index contributed by atoms with van der Waals surface area (Å²) in [5, 5.41) is 8.87. The molecule has 0 aliphatic carbocycles. The lowest BCUT2D eigenvalue weighted by Gasteiger charge is -2.11. The van der Waals surface area contributed by atoms with Crippen LogP contribution >= 0.6 is 0 Å². The van der Waals surface area contributed by atoms with E-state index in [0.717, 1.165) is 11.1 Å². The summed E-state index contributed by atoms with van der Waals surface area (Å²) < 4.78 is 3.46. The summed E-state index contributed by atoms with van der Waals surface area (Å²) in [5.41, 5.74) is 4.42. The average molecular weight is 361 g/mol. The summed E-state index contributed by atoms with van der Waals surface area (Å²) in [6.07, 6.45) is 9.19. The van der Waals surface area contributed by atoms with Crippen LogP contribution in [0.15, 0.2) is 77.5 Å². The first kappa shape index (κ1) is 18.4. The third-order valence-corrected chi connectivity index (χ3v) is 4.11. The lowest BCUT2D eigenvalue weighted by Crippen LogP contribution is -2.23. The topological polar surface area (TPSA) is 40.0 Å². The number of aromatic nitrogens is 2. The van der Waals surface area contributed by atoms with Crippen molar-refractivity contribution in [3.63, 3.8) is 0 Å². The van der Waals surface area contributed by atoms with E-state index in [9.17, 15) is 0 Å². The second-order valence-electron chi connectivity index (χ2n) is 6.63. The van der Waals surface area contributed by atoms with Gasteiger partial charge in [-0.05, 0) is 35.4 Å². The minimum Gasteiger partial charge on any atom is -0.378 e. The van der Waals surface area contributed by atoms with E-state index >= 15 is 0 Å². The van der Waals surface area contributed by atoms with Crippen molar-refractivity contribution in [1.82, 2.24) is 4.68 Å². The van der Waals surface area contributed by atoms with Gasteiger partial charge in [0.05, 0.1) is 12.4 Å². The lowest BCUT2D eigenvalue weighted by atomic mass is 10.2. The van der Waals surface area contributed by atoms with Gasteiger partial charge in [0.25, 0.3) is 6.33 Å². The summed E-state index contributed by atoms with van der Waals surface area (Å²) in [4.78, 5) is 4.14. The molecule has 0 radical (unpaired) electrons. The van der Waals surface area contributed by atoms with Crippen LogP contribution in [-0.4, -0.2) is 45.3 Å². The van der Waals surface area contributed by atoms with Crippen LogP contribution in [-0.2, 0) is 0 Å². The molecule has 3 aromatic rings. The molecule has 2 aromatic carbocycles. The predicted octanol–water partition coefficient (Wildman–Crippen LogP) is 2.67. The first-order valence-electron chi connectivity index (χ1n) is 8.74. The molecule has 0 spiro atoms. The number of anilines is 2. The molecule has 0 amide bonds. The molecule has 0 aliphatic rings. The highest BCUT2D eigenvalue weighted by Crippen LogP contribution is 2.11. The van der Waals surface area contributed by atoms with Gasteiger partial charge in [0, 0.05) is 39.6 Å². The maximum Gasteiger partial charge on any atom is 0.295 e. The summed E-state index contributed by atoms with van der Waals surface area (Å²) >= 11 is 0. The molecule has 0 atom stereocenters. The molecule has 0 aliphatic heterocycles. The van der Waals surface area contributed by atoms with E-state index in [0.29, 0.717) is 0 Å². The van der Waals surface area contributed by atoms with E-state index in [-0.39, 0.29) is 0 Å². The van der Waals surface area contributed by atoms with Crippen LogP contribution in [0.1, 0.15) is 11.1 Å². The zero-order valence-electron chi connectivity index (χ0n) is 16.2. The van der Waals surface area contributed by atoms with E-state index in [1.165, 1.54) is 11.4 Å². The van der Waals surface area contributed by atoms with E-state index < -0.39 is 0 Å². The molecule has 0 N–H and O–H groups in total. The van der Waals surface area contributed by atoms with Crippen LogP contribution in [0.2, 0.25) is 0 Å². The van der Waals surface area contributed by atoms with Crippen molar-refractivity contribution in [3.05, 3.63) is 78.4 Å². The van der Waals surface area contributed by atoms with Gasteiger partial charge < -0.3 is 9.80 Å². The average Bonchev–Trinajstić information content (AvgIpc) is 3.13. The Hall–Kier alpha value is -3.41. The van der Waals surface area contributed by atoms with Gasteiger partial charge in [0.1, 0.15) is 0 Å². The van der Waals surface area contributed by atoms with Gasteiger partial charge in [-0.2, -0.15) is 0 Å². The molecule has 0 saturated carbocycles. The highest BCUT2D eigenvalue weighted by atomic mass is 15.4. The zero-order chi connectivity index (χ0) is 19.2. The van der Waals surface area contributed by atoms with E-state index in [2.05, 4.69) is 44.3 Å². The normalized spacial score (nSPS) is 11.4. The summed E-state index contributed by atoms with van der Waals surface area (Å²) in [5.74, 6) is 0. The summed E-state index contributed by atoms with van der Waals surface area (Å²) in [7, 11) is 8.11. The number of benzene rings is 2. The van der Waals surface area contributed by atoms with Crippen LogP contribution in [0.5, 0.6) is 0 Å². The minimum atomic E-state index is 1.05. The molecule has 3 rings (SSSR count). The first-order valence-corrected chi connectivity index (χ1v) is 8.74. The van der Waals surface area contributed by atoms with Crippen molar-refractivity contribution in [2.45, 2.75) is 0 Å². The molecule has 0 bridgehead atoms. The van der Waals surface area contributed by atoms with Crippen LogP contribution in [0.25, 0.3) is 0 Å². The fourth-order valence-corrected chi connectivity index (χ4v) is 2.46. The quantitative estimate of drug-likeness (QED) is 0.500. The number of imidazole rings is 1. The molecule has 0 unspecified atom stereocenters. The Morgan fingerprint density at radius 1 is 0.778 bits per heavy atom. The molecule has 1 heterocycles. The highest BCUT2D eigenvalue weighted by molar-refractivity contribution is 5.80. The predicted molar refractivity (Wildman–Crippen MR) is 112 cm³/mol. The molecule has 0 saturated heterocycles. The third-order valence-electron chi connectivity index (χ3n) is 4.11. The minimum absolute atomic E-state index is 1.05. The van der Waals surface area contributed by atoms with Crippen LogP contribution < -0.4 is 14.5 Å². The second kappa shape index (κ2) is 8.31. The Bertz CT molecular complexity index is 842. The Kier molecular flexibility index (Phi) is 5.66. The SMILES string of the molecule is CN(C)c1ccc(C=Nn2cc[n+](N=Cc3ccc(N(C)C)cc3)c2)cc1. The molecule has 27 heavy (non-hydrogen) atoms. The Morgan fingerprint density at radius 2 is 1.30 bits per heavy atom. The summed E-state index contributed by atoms with van der Waals surface area (Å²) in [6, 6.07) is 16.5. The number of hydrogen-bond donors (Lipinski definition) is 0. The maximum atomic E-state index is 4.44. The molecule has 6 nitrogen and oxygen atoms in total. The molecule has 0 fully saturated rings. The second-order valence-corrected chi connectivity index (χ2v) is 6.63. The largest absolute Gasteiger partial charge is 0.378 e. The highest BCUT2D eigenvalue weighted by Gasteiger charge is 2.01. The fraction of sp³-hybridized carbons (Fsp3) is 0.190. The van der Waals surface area contributed by atoms with Gasteiger partial charge in [-0.3, -0.25) is 0 Å². The van der Waals surface area contributed by atoms with Crippen LogP contribution in [0.4, 0.5) is 11.4 Å².